The highest BCUT2D eigenvalue weighted by atomic mass is 32.1. The summed E-state index contributed by atoms with van der Waals surface area (Å²) in [5, 5.41) is 18.7. The van der Waals surface area contributed by atoms with Crippen molar-refractivity contribution in [1.82, 2.24) is 10.3 Å². The average Bonchev–Trinajstić information content (AvgIpc) is 3.23. The van der Waals surface area contributed by atoms with Crippen LogP contribution in [0, 0.1) is 0 Å². The zero-order valence-corrected chi connectivity index (χ0v) is 13.3. The van der Waals surface area contributed by atoms with E-state index in [0.29, 0.717) is 12.2 Å². The molecule has 0 saturated carbocycles. The van der Waals surface area contributed by atoms with E-state index in [1.165, 1.54) is 11.3 Å². The number of hydrogen-bond donors (Lipinski definition) is 2. The van der Waals surface area contributed by atoms with Crippen LogP contribution in [-0.4, -0.2) is 16.0 Å². The molecule has 0 radical (unpaired) electrons. The van der Waals surface area contributed by atoms with Gasteiger partial charge in [0.1, 0.15) is 10.7 Å². The molecule has 1 amide bonds. The molecule has 0 spiro atoms. The molecule has 1 aromatic carbocycles. The zero-order chi connectivity index (χ0) is 15.4. The zero-order valence-electron chi connectivity index (χ0n) is 11.7. The minimum atomic E-state index is -0.203. The van der Waals surface area contributed by atoms with E-state index in [0.717, 1.165) is 21.7 Å². The summed E-state index contributed by atoms with van der Waals surface area (Å²) in [5.41, 5.74) is 3.19. The first-order chi connectivity index (χ1) is 10.8. The lowest BCUT2D eigenvalue weighted by molar-refractivity contribution is 0.0946. The molecule has 0 unspecified atom stereocenters. The highest BCUT2D eigenvalue weighted by molar-refractivity contribution is 7.14. The fourth-order valence-corrected chi connectivity index (χ4v) is 3.56. The van der Waals surface area contributed by atoms with Gasteiger partial charge in [-0.15, -0.1) is 11.3 Å². The monoisotopic (exact) mass is 330 g/mol. The molecule has 0 saturated heterocycles. The van der Waals surface area contributed by atoms with Gasteiger partial charge in [-0.2, -0.15) is 11.3 Å². The summed E-state index contributed by atoms with van der Waals surface area (Å²) in [7, 11) is 0. The molecule has 2 N–H and O–H groups in total. The van der Waals surface area contributed by atoms with Gasteiger partial charge < -0.3 is 10.4 Å². The predicted molar refractivity (Wildman–Crippen MR) is 89.0 cm³/mol. The number of nitrogens with zero attached hydrogens (tertiary/aromatic N) is 1. The summed E-state index contributed by atoms with van der Waals surface area (Å²) >= 11 is 3.07. The number of hydrogen-bond acceptors (Lipinski definition) is 5. The molecule has 2 aromatic heterocycles. The van der Waals surface area contributed by atoms with Crippen molar-refractivity contribution in [2.45, 2.75) is 13.2 Å². The lowest BCUT2D eigenvalue weighted by Crippen LogP contribution is -2.23. The Bertz CT molecular complexity index is 766. The first kappa shape index (κ1) is 14.9. The number of amides is 1. The topological polar surface area (TPSA) is 62.2 Å². The van der Waals surface area contributed by atoms with Crippen LogP contribution in [-0.2, 0) is 13.2 Å². The molecule has 0 aliphatic carbocycles. The van der Waals surface area contributed by atoms with Crippen molar-refractivity contribution in [2.24, 2.45) is 0 Å². The molecule has 0 aliphatic heterocycles. The van der Waals surface area contributed by atoms with E-state index < -0.39 is 0 Å². The maximum atomic E-state index is 12.2. The molecule has 3 rings (SSSR count). The molecule has 3 aromatic rings. The second-order valence-electron chi connectivity index (χ2n) is 4.66. The average molecular weight is 330 g/mol. The molecule has 6 heteroatoms. The molecule has 0 aliphatic rings. The van der Waals surface area contributed by atoms with Crippen LogP contribution in [0.15, 0.2) is 46.5 Å². The molecular weight excluding hydrogens is 316 g/mol. The van der Waals surface area contributed by atoms with Gasteiger partial charge in [0.05, 0.1) is 6.61 Å². The number of thiazole rings is 1. The van der Waals surface area contributed by atoms with Gasteiger partial charge in [-0.3, -0.25) is 4.79 Å². The van der Waals surface area contributed by atoms with Crippen LogP contribution in [0.2, 0.25) is 0 Å². The Morgan fingerprint density at radius 2 is 2.00 bits per heavy atom. The largest absolute Gasteiger partial charge is 0.392 e. The number of rotatable bonds is 5. The third kappa shape index (κ3) is 3.24. The molecule has 4 nitrogen and oxygen atoms in total. The Morgan fingerprint density at radius 1 is 1.18 bits per heavy atom. The van der Waals surface area contributed by atoms with Crippen molar-refractivity contribution < 1.29 is 9.90 Å². The Labute approximate surface area is 136 Å². The van der Waals surface area contributed by atoms with Gasteiger partial charge in [-0.1, -0.05) is 24.3 Å². The molecule has 0 atom stereocenters. The molecular formula is C16H14N2O2S2. The smallest absolute Gasteiger partial charge is 0.271 e. The first-order valence-electron chi connectivity index (χ1n) is 6.72. The van der Waals surface area contributed by atoms with Gasteiger partial charge in [0.15, 0.2) is 0 Å². The molecule has 2 heterocycles. The highest BCUT2D eigenvalue weighted by Gasteiger charge is 2.12. The SMILES string of the molecule is O=C(NCc1ccccc1CO)c1csc(-c2ccsc2)n1. The fraction of sp³-hybridized carbons (Fsp3) is 0.125. The van der Waals surface area contributed by atoms with Crippen molar-refractivity contribution >= 4 is 28.6 Å². The summed E-state index contributed by atoms with van der Waals surface area (Å²) in [5.74, 6) is -0.203. The number of benzene rings is 1. The van der Waals surface area contributed by atoms with E-state index in [9.17, 15) is 9.90 Å². The standard InChI is InChI=1S/C16H14N2O2S2/c19-8-12-4-2-1-3-11(12)7-17-15(20)14-10-22-16(18-14)13-5-6-21-9-13/h1-6,9-10,19H,7-8H2,(H,17,20). The Hall–Kier alpha value is -2.02. The number of thiophene rings is 1. The number of carbonyl (C=O) groups is 1. The Balaban J connectivity index is 1.67. The van der Waals surface area contributed by atoms with Crippen LogP contribution in [0.5, 0.6) is 0 Å². The Morgan fingerprint density at radius 3 is 2.73 bits per heavy atom. The molecule has 0 fully saturated rings. The number of aliphatic hydroxyl groups is 1. The van der Waals surface area contributed by atoms with Gasteiger partial charge in [0.2, 0.25) is 0 Å². The minimum Gasteiger partial charge on any atom is -0.392 e. The molecule has 22 heavy (non-hydrogen) atoms. The second kappa shape index (κ2) is 6.83. The third-order valence-corrected chi connectivity index (χ3v) is 4.81. The number of aromatic nitrogens is 1. The van der Waals surface area contributed by atoms with E-state index in [1.54, 1.807) is 16.7 Å². The summed E-state index contributed by atoms with van der Waals surface area (Å²) < 4.78 is 0. The number of carbonyl (C=O) groups excluding carboxylic acids is 1. The van der Waals surface area contributed by atoms with E-state index >= 15 is 0 Å². The Kier molecular flexibility index (Phi) is 4.62. The highest BCUT2D eigenvalue weighted by Crippen LogP contribution is 2.25. The summed E-state index contributed by atoms with van der Waals surface area (Å²) in [6.45, 7) is 0.339. The van der Waals surface area contributed by atoms with Crippen LogP contribution in [0.1, 0.15) is 21.6 Å². The second-order valence-corrected chi connectivity index (χ2v) is 6.30. The van der Waals surface area contributed by atoms with Crippen LogP contribution < -0.4 is 5.32 Å². The van der Waals surface area contributed by atoms with Crippen LogP contribution in [0.4, 0.5) is 0 Å². The number of aliphatic hydroxyl groups excluding tert-OH is 1. The summed E-state index contributed by atoms with van der Waals surface area (Å²) in [4.78, 5) is 16.5. The molecule has 112 valence electrons. The van der Waals surface area contributed by atoms with Crippen LogP contribution in [0.3, 0.4) is 0 Å². The summed E-state index contributed by atoms with van der Waals surface area (Å²) in [6, 6.07) is 9.48. The maximum Gasteiger partial charge on any atom is 0.271 e. The van der Waals surface area contributed by atoms with E-state index in [-0.39, 0.29) is 12.5 Å². The van der Waals surface area contributed by atoms with Crippen molar-refractivity contribution in [3.63, 3.8) is 0 Å². The van der Waals surface area contributed by atoms with Gasteiger partial charge in [0.25, 0.3) is 5.91 Å². The van der Waals surface area contributed by atoms with Gasteiger partial charge in [0, 0.05) is 22.9 Å². The van der Waals surface area contributed by atoms with E-state index in [4.69, 9.17) is 0 Å². The van der Waals surface area contributed by atoms with E-state index in [1.807, 2.05) is 41.1 Å². The fourth-order valence-electron chi connectivity index (χ4n) is 2.05. The van der Waals surface area contributed by atoms with Crippen molar-refractivity contribution in [3.05, 3.63) is 63.3 Å². The number of nitrogens with one attached hydrogen (secondary N) is 1. The van der Waals surface area contributed by atoms with Gasteiger partial charge in [-0.05, 0) is 22.6 Å². The van der Waals surface area contributed by atoms with Crippen LogP contribution >= 0.6 is 22.7 Å². The molecule has 0 bridgehead atoms. The maximum absolute atomic E-state index is 12.2. The summed E-state index contributed by atoms with van der Waals surface area (Å²) in [6.07, 6.45) is 0. The van der Waals surface area contributed by atoms with Gasteiger partial charge in [-0.25, -0.2) is 4.98 Å². The van der Waals surface area contributed by atoms with Gasteiger partial charge >= 0.3 is 0 Å². The predicted octanol–water partition coefficient (Wildman–Crippen LogP) is 3.29. The normalized spacial score (nSPS) is 10.6. The lowest BCUT2D eigenvalue weighted by Gasteiger charge is -2.07. The first-order valence-corrected chi connectivity index (χ1v) is 8.54. The van der Waals surface area contributed by atoms with Crippen molar-refractivity contribution in [3.8, 4) is 10.6 Å². The van der Waals surface area contributed by atoms with E-state index in [2.05, 4.69) is 10.3 Å². The van der Waals surface area contributed by atoms with Crippen LogP contribution in [0.25, 0.3) is 10.6 Å². The van der Waals surface area contributed by atoms with Crippen molar-refractivity contribution in [2.75, 3.05) is 0 Å². The van der Waals surface area contributed by atoms with Crippen molar-refractivity contribution in [1.29, 1.82) is 0 Å². The third-order valence-electron chi connectivity index (χ3n) is 3.23. The minimum absolute atomic E-state index is 0.0367. The quantitative estimate of drug-likeness (QED) is 0.754. The lowest BCUT2D eigenvalue weighted by atomic mass is 10.1.